The molecule has 21 heavy (non-hydrogen) atoms. The van der Waals surface area contributed by atoms with Gasteiger partial charge in [-0.3, -0.25) is 0 Å². The molecule has 0 bridgehead atoms. The molecule has 3 nitrogen and oxygen atoms in total. The van der Waals surface area contributed by atoms with Crippen LogP contribution in [0.3, 0.4) is 0 Å². The number of ether oxygens (including phenoxy) is 2. The molecule has 0 radical (unpaired) electrons. The summed E-state index contributed by atoms with van der Waals surface area (Å²) in [6, 6.07) is 6.30. The van der Waals surface area contributed by atoms with E-state index in [-0.39, 0.29) is 0 Å². The van der Waals surface area contributed by atoms with Crippen molar-refractivity contribution in [3.05, 3.63) is 23.8 Å². The highest BCUT2D eigenvalue weighted by molar-refractivity contribution is 7.99. The molecule has 0 amide bonds. The number of hydrogen-bond acceptors (Lipinski definition) is 4. The SMILES string of the molecule is COc1cccc(CC2CCCNC2)c1OC1CCSC1. The fraction of sp³-hybridized carbons (Fsp3) is 0.647. The quantitative estimate of drug-likeness (QED) is 0.905. The highest BCUT2D eigenvalue weighted by Gasteiger charge is 2.22. The van der Waals surface area contributed by atoms with Gasteiger partial charge >= 0.3 is 0 Å². The molecule has 0 aliphatic carbocycles. The van der Waals surface area contributed by atoms with Crippen molar-refractivity contribution in [2.45, 2.75) is 31.8 Å². The maximum absolute atomic E-state index is 6.30. The zero-order valence-electron chi connectivity index (χ0n) is 12.8. The molecule has 1 N–H and O–H groups in total. The molecule has 0 spiro atoms. The molecule has 2 unspecified atom stereocenters. The molecule has 2 fully saturated rings. The van der Waals surface area contributed by atoms with Crippen LogP contribution in [0.5, 0.6) is 11.5 Å². The van der Waals surface area contributed by atoms with Gasteiger partial charge in [0.2, 0.25) is 0 Å². The average Bonchev–Trinajstić information content (AvgIpc) is 3.03. The topological polar surface area (TPSA) is 30.5 Å². The molecule has 1 aromatic carbocycles. The Hall–Kier alpha value is -0.870. The van der Waals surface area contributed by atoms with E-state index in [4.69, 9.17) is 9.47 Å². The van der Waals surface area contributed by atoms with Crippen LogP contribution < -0.4 is 14.8 Å². The summed E-state index contributed by atoms with van der Waals surface area (Å²) < 4.78 is 11.8. The summed E-state index contributed by atoms with van der Waals surface area (Å²) in [5.74, 6) is 4.89. The van der Waals surface area contributed by atoms with Crippen molar-refractivity contribution in [2.24, 2.45) is 5.92 Å². The normalized spacial score (nSPS) is 25.8. The van der Waals surface area contributed by atoms with Crippen LogP contribution in [0.2, 0.25) is 0 Å². The van der Waals surface area contributed by atoms with Crippen molar-refractivity contribution in [1.82, 2.24) is 5.32 Å². The van der Waals surface area contributed by atoms with E-state index in [1.165, 1.54) is 24.2 Å². The first kappa shape index (κ1) is 15.0. The van der Waals surface area contributed by atoms with Crippen LogP contribution in [-0.4, -0.2) is 37.8 Å². The predicted molar refractivity (Wildman–Crippen MR) is 88.6 cm³/mol. The minimum absolute atomic E-state index is 0.342. The Kier molecular flexibility index (Phi) is 5.31. The number of hydrogen-bond donors (Lipinski definition) is 1. The van der Waals surface area contributed by atoms with Gasteiger partial charge in [-0.05, 0) is 62.1 Å². The van der Waals surface area contributed by atoms with Crippen molar-refractivity contribution in [1.29, 1.82) is 0 Å². The second-order valence-corrected chi connectivity index (χ2v) is 7.12. The molecule has 4 heteroatoms. The molecule has 2 aliphatic rings. The predicted octanol–water partition coefficient (Wildman–Crippen LogP) is 3.12. The van der Waals surface area contributed by atoms with E-state index in [1.807, 2.05) is 17.8 Å². The second-order valence-electron chi connectivity index (χ2n) is 5.97. The van der Waals surface area contributed by atoms with Crippen molar-refractivity contribution < 1.29 is 9.47 Å². The lowest BCUT2D eigenvalue weighted by molar-refractivity contribution is 0.214. The number of benzene rings is 1. The number of para-hydroxylation sites is 1. The number of rotatable bonds is 5. The van der Waals surface area contributed by atoms with Crippen LogP contribution in [0.4, 0.5) is 0 Å². The molecule has 2 aliphatic heterocycles. The summed E-state index contributed by atoms with van der Waals surface area (Å²) in [6.45, 7) is 2.28. The fourth-order valence-corrected chi connectivity index (χ4v) is 4.29. The first-order chi connectivity index (χ1) is 10.4. The fourth-order valence-electron chi connectivity index (χ4n) is 3.20. The van der Waals surface area contributed by atoms with Crippen LogP contribution in [0, 0.1) is 5.92 Å². The van der Waals surface area contributed by atoms with Crippen LogP contribution >= 0.6 is 11.8 Å². The van der Waals surface area contributed by atoms with Crippen LogP contribution in [0.25, 0.3) is 0 Å². The zero-order chi connectivity index (χ0) is 14.5. The smallest absolute Gasteiger partial charge is 0.164 e. The third-order valence-corrected chi connectivity index (χ3v) is 5.49. The van der Waals surface area contributed by atoms with Gasteiger partial charge in [0, 0.05) is 5.75 Å². The number of nitrogens with one attached hydrogen (secondary N) is 1. The third-order valence-electron chi connectivity index (χ3n) is 4.36. The summed E-state index contributed by atoms with van der Waals surface area (Å²) in [6.07, 6.45) is 5.16. The van der Waals surface area contributed by atoms with Gasteiger partial charge in [0.05, 0.1) is 7.11 Å². The maximum atomic E-state index is 6.30. The lowest BCUT2D eigenvalue weighted by atomic mass is 9.92. The van der Waals surface area contributed by atoms with Gasteiger partial charge in [-0.15, -0.1) is 0 Å². The summed E-state index contributed by atoms with van der Waals surface area (Å²) in [7, 11) is 1.73. The Morgan fingerprint density at radius 3 is 3.00 bits per heavy atom. The van der Waals surface area contributed by atoms with Crippen molar-refractivity contribution in [2.75, 3.05) is 31.7 Å². The highest BCUT2D eigenvalue weighted by Crippen LogP contribution is 2.36. The molecule has 0 saturated carbocycles. The van der Waals surface area contributed by atoms with E-state index in [0.29, 0.717) is 12.0 Å². The van der Waals surface area contributed by atoms with E-state index >= 15 is 0 Å². The molecule has 0 aromatic heterocycles. The highest BCUT2D eigenvalue weighted by atomic mass is 32.2. The molecular weight excluding hydrogens is 282 g/mol. The summed E-state index contributed by atoms with van der Waals surface area (Å²) in [5.41, 5.74) is 1.31. The van der Waals surface area contributed by atoms with Crippen molar-refractivity contribution in [3.8, 4) is 11.5 Å². The summed E-state index contributed by atoms with van der Waals surface area (Å²) in [4.78, 5) is 0. The lowest BCUT2D eigenvalue weighted by Gasteiger charge is -2.25. The summed E-state index contributed by atoms with van der Waals surface area (Å²) in [5, 5.41) is 3.50. The van der Waals surface area contributed by atoms with Gasteiger partial charge in [0.1, 0.15) is 6.10 Å². The van der Waals surface area contributed by atoms with Gasteiger partial charge in [0.25, 0.3) is 0 Å². The van der Waals surface area contributed by atoms with Gasteiger partial charge in [-0.25, -0.2) is 0 Å². The van der Waals surface area contributed by atoms with Gasteiger partial charge in [-0.1, -0.05) is 12.1 Å². The third kappa shape index (κ3) is 3.86. The van der Waals surface area contributed by atoms with E-state index in [0.717, 1.165) is 43.2 Å². The van der Waals surface area contributed by atoms with Gasteiger partial charge in [-0.2, -0.15) is 11.8 Å². The monoisotopic (exact) mass is 307 g/mol. The molecular formula is C17H25NO2S. The maximum Gasteiger partial charge on any atom is 0.164 e. The Labute approximate surface area is 131 Å². The Morgan fingerprint density at radius 2 is 2.29 bits per heavy atom. The Balaban J connectivity index is 1.76. The Bertz CT molecular complexity index is 454. The molecule has 2 saturated heterocycles. The molecule has 2 heterocycles. The largest absolute Gasteiger partial charge is 0.493 e. The van der Waals surface area contributed by atoms with Crippen molar-refractivity contribution in [3.63, 3.8) is 0 Å². The van der Waals surface area contributed by atoms with E-state index in [9.17, 15) is 0 Å². The number of thioether (sulfide) groups is 1. The molecule has 3 rings (SSSR count). The lowest BCUT2D eigenvalue weighted by Crippen LogP contribution is -2.31. The molecule has 1 aromatic rings. The van der Waals surface area contributed by atoms with E-state index < -0.39 is 0 Å². The van der Waals surface area contributed by atoms with Crippen molar-refractivity contribution >= 4 is 11.8 Å². The van der Waals surface area contributed by atoms with Crippen LogP contribution in [0.15, 0.2) is 18.2 Å². The zero-order valence-corrected chi connectivity index (χ0v) is 13.6. The standard InChI is InChI=1S/C17H25NO2S/c1-19-16-6-2-5-14(10-13-4-3-8-18-11-13)17(16)20-15-7-9-21-12-15/h2,5-6,13,15,18H,3-4,7-12H2,1H3. The molecule has 2 atom stereocenters. The van der Waals surface area contributed by atoms with Gasteiger partial charge < -0.3 is 14.8 Å². The van der Waals surface area contributed by atoms with Crippen LogP contribution in [-0.2, 0) is 6.42 Å². The summed E-state index contributed by atoms with van der Waals surface area (Å²) >= 11 is 1.98. The number of methoxy groups -OCH3 is 1. The first-order valence-electron chi connectivity index (χ1n) is 7.98. The number of piperidine rings is 1. The van der Waals surface area contributed by atoms with E-state index in [2.05, 4.69) is 17.4 Å². The van der Waals surface area contributed by atoms with Gasteiger partial charge in [0.15, 0.2) is 11.5 Å². The molecule has 116 valence electrons. The average molecular weight is 307 g/mol. The first-order valence-corrected chi connectivity index (χ1v) is 9.13. The van der Waals surface area contributed by atoms with Crippen LogP contribution in [0.1, 0.15) is 24.8 Å². The van der Waals surface area contributed by atoms with E-state index in [1.54, 1.807) is 7.11 Å². The minimum Gasteiger partial charge on any atom is -0.493 e. The second kappa shape index (κ2) is 7.41. The Morgan fingerprint density at radius 1 is 1.33 bits per heavy atom. The minimum atomic E-state index is 0.342.